The molecule has 0 saturated heterocycles. The van der Waals surface area contributed by atoms with E-state index in [-0.39, 0.29) is 5.91 Å². The maximum atomic E-state index is 11.9. The summed E-state index contributed by atoms with van der Waals surface area (Å²) in [5.41, 5.74) is 1.65. The van der Waals surface area contributed by atoms with Crippen LogP contribution in [0.4, 0.5) is 0 Å². The third-order valence-electron chi connectivity index (χ3n) is 3.12. The Labute approximate surface area is 147 Å². The van der Waals surface area contributed by atoms with Crippen LogP contribution >= 0.6 is 34.5 Å². The summed E-state index contributed by atoms with van der Waals surface area (Å²) in [6.07, 6.45) is 3.08. The normalized spacial score (nSPS) is 11.2. The summed E-state index contributed by atoms with van der Waals surface area (Å²) in [6, 6.07) is 13.0. The second kappa shape index (κ2) is 7.13. The van der Waals surface area contributed by atoms with E-state index in [1.54, 1.807) is 35.6 Å². The summed E-state index contributed by atoms with van der Waals surface area (Å²) in [5.74, 6) is -0.208. The Morgan fingerprint density at radius 2 is 2.04 bits per heavy atom. The molecule has 1 heterocycles. The molecule has 0 saturated carbocycles. The Balaban J connectivity index is 1.63. The van der Waals surface area contributed by atoms with Crippen molar-refractivity contribution in [3.8, 4) is 0 Å². The van der Waals surface area contributed by atoms with Gasteiger partial charge in [-0.15, -0.1) is 11.3 Å². The highest BCUT2D eigenvalue weighted by atomic mass is 35.5. The third kappa shape index (κ3) is 4.10. The molecule has 0 spiro atoms. The number of benzene rings is 2. The molecule has 116 valence electrons. The standard InChI is InChI=1S/C17H12Cl2N2OS/c18-12-6-7-13(19)11(9-12)5-8-16(22)20-10-17-21-14-3-1-2-4-15(14)23-17/h1-9H,10H2,(H,20,22). The minimum atomic E-state index is -0.208. The van der Waals surface area contributed by atoms with Gasteiger partial charge in [0, 0.05) is 16.1 Å². The van der Waals surface area contributed by atoms with Gasteiger partial charge in [0.25, 0.3) is 0 Å². The zero-order valence-corrected chi connectivity index (χ0v) is 14.3. The Morgan fingerprint density at radius 3 is 2.87 bits per heavy atom. The number of fused-ring (bicyclic) bond motifs is 1. The molecule has 0 unspecified atom stereocenters. The van der Waals surface area contributed by atoms with Crippen molar-refractivity contribution in [3.05, 3.63) is 69.2 Å². The number of hydrogen-bond acceptors (Lipinski definition) is 3. The minimum absolute atomic E-state index is 0.208. The molecule has 0 bridgehead atoms. The van der Waals surface area contributed by atoms with Crippen LogP contribution in [0.3, 0.4) is 0 Å². The molecular formula is C17H12Cl2N2OS. The van der Waals surface area contributed by atoms with Gasteiger partial charge in [-0.2, -0.15) is 0 Å². The first-order valence-electron chi connectivity index (χ1n) is 6.87. The van der Waals surface area contributed by atoms with Crippen LogP contribution in [0, 0.1) is 0 Å². The number of nitrogens with one attached hydrogen (secondary N) is 1. The van der Waals surface area contributed by atoms with Crippen LogP contribution in [0.1, 0.15) is 10.6 Å². The van der Waals surface area contributed by atoms with E-state index in [0.717, 1.165) is 15.2 Å². The molecule has 3 aromatic rings. The molecule has 0 radical (unpaired) electrons. The van der Waals surface area contributed by atoms with Gasteiger partial charge in [0.05, 0.1) is 16.8 Å². The minimum Gasteiger partial charge on any atom is -0.346 e. The van der Waals surface area contributed by atoms with Gasteiger partial charge in [0.15, 0.2) is 0 Å². The summed E-state index contributed by atoms with van der Waals surface area (Å²) in [4.78, 5) is 16.4. The Kier molecular flexibility index (Phi) is 4.96. The monoisotopic (exact) mass is 362 g/mol. The van der Waals surface area contributed by atoms with Crippen LogP contribution in [0.5, 0.6) is 0 Å². The van der Waals surface area contributed by atoms with E-state index in [0.29, 0.717) is 22.2 Å². The van der Waals surface area contributed by atoms with Gasteiger partial charge in [-0.1, -0.05) is 35.3 Å². The maximum absolute atomic E-state index is 11.9. The van der Waals surface area contributed by atoms with E-state index in [2.05, 4.69) is 10.3 Å². The van der Waals surface area contributed by atoms with Crippen molar-refractivity contribution in [3.63, 3.8) is 0 Å². The Hall–Kier alpha value is -1.88. The summed E-state index contributed by atoms with van der Waals surface area (Å²) >= 11 is 13.5. The second-order valence-electron chi connectivity index (χ2n) is 4.79. The number of hydrogen-bond donors (Lipinski definition) is 1. The SMILES string of the molecule is O=C(C=Cc1cc(Cl)ccc1Cl)NCc1nc2ccccc2s1. The summed E-state index contributed by atoms with van der Waals surface area (Å²) < 4.78 is 1.11. The first-order chi connectivity index (χ1) is 11.1. The quantitative estimate of drug-likeness (QED) is 0.668. The second-order valence-corrected chi connectivity index (χ2v) is 6.75. The number of carbonyl (C=O) groups excluding carboxylic acids is 1. The highest BCUT2D eigenvalue weighted by Gasteiger charge is 2.04. The fourth-order valence-corrected chi connectivity index (χ4v) is 3.29. The number of nitrogens with zero attached hydrogens (tertiary/aromatic N) is 1. The smallest absolute Gasteiger partial charge is 0.244 e. The molecule has 6 heteroatoms. The zero-order chi connectivity index (χ0) is 16.2. The molecule has 0 aliphatic carbocycles. The number of aromatic nitrogens is 1. The topological polar surface area (TPSA) is 42.0 Å². The number of rotatable bonds is 4. The van der Waals surface area contributed by atoms with E-state index < -0.39 is 0 Å². The van der Waals surface area contributed by atoms with Crippen LogP contribution < -0.4 is 5.32 Å². The first kappa shape index (κ1) is 16.0. The maximum Gasteiger partial charge on any atom is 0.244 e. The van der Waals surface area contributed by atoms with Gasteiger partial charge in [0.2, 0.25) is 5.91 Å². The lowest BCUT2D eigenvalue weighted by molar-refractivity contribution is -0.116. The lowest BCUT2D eigenvalue weighted by Crippen LogP contribution is -2.20. The van der Waals surface area contributed by atoms with E-state index in [4.69, 9.17) is 23.2 Å². The fourth-order valence-electron chi connectivity index (χ4n) is 2.02. The van der Waals surface area contributed by atoms with Crippen LogP contribution in [0.2, 0.25) is 10.0 Å². The molecule has 2 aromatic carbocycles. The molecule has 23 heavy (non-hydrogen) atoms. The Bertz CT molecular complexity index is 856. The van der Waals surface area contributed by atoms with Gasteiger partial charge in [0.1, 0.15) is 5.01 Å². The van der Waals surface area contributed by atoms with Crippen LogP contribution in [-0.2, 0) is 11.3 Å². The van der Waals surface area contributed by atoms with E-state index in [1.165, 1.54) is 6.08 Å². The Morgan fingerprint density at radius 1 is 1.22 bits per heavy atom. The van der Waals surface area contributed by atoms with Gasteiger partial charge >= 0.3 is 0 Å². The molecule has 3 rings (SSSR count). The zero-order valence-electron chi connectivity index (χ0n) is 11.9. The first-order valence-corrected chi connectivity index (χ1v) is 8.44. The van der Waals surface area contributed by atoms with Gasteiger partial charge in [-0.3, -0.25) is 4.79 Å². The molecule has 0 atom stereocenters. The summed E-state index contributed by atoms with van der Waals surface area (Å²) in [5, 5.41) is 4.80. The van der Waals surface area contributed by atoms with Crippen molar-refractivity contribution in [1.29, 1.82) is 0 Å². The lowest BCUT2D eigenvalue weighted by Gasteiger charge is -2.00. The molecule has 1 aromatic heterocycles. The highest BCUT2D eigenvalue weighted by Crippen LogP contribution is 2.22. The van der Waals surface area contributed by atoms with Gasteiger partial charge in [-0.05, 0) is 42.0 Å². The van der Waals surface area contributed by atoms with E-state index in [1.807, 2.05) is 24.3 Å². The van der Waals surface area contributed by atoms with Crippen molar-refractivity contribution in [2.24, 2.45) is 0 Å². The van der Waals surface area contributed by atoms with Crippen molar-refractivity contribution in [2.75, 3.05) is 0 Å². The molecule has 0 aliphatic heterocycles. The molecule has 1 amide bonds. The fraction of sp³-hybridized carbons (Fsp3) is 0.0588. The van der Waals surface area contributed by atoms with Gasteiger partial charge in [-0.25, -0.2) is 4.98 Å². The highest BCUT2D eigenvalue weighted by molar-refractivity contribution is 7.18. The number of amides is 1. The molecule has 3 nitrogen and oxygen atoms in total. The number of halogens is 2. The van der Waals surface area contributed by atoms with Crippen molar-refractivity contribution < 1.29 is 4.79 Å². The summed E-state index contributed by atoms with van der Waals surface area (Å²) in [6.45, 7) is 0.395. The van der Waals surface area contributed by atoms with E-state index >= 15 is 0 Å². The number of carbonyl (C=O) groups is 1. The third-order valence-corrected chi connectivity index (χ3v) is 4.74. The summed E-state index contributed by atoms with van der Waals surface area (Å²) in [7, 11) is 0. The predicted molar refractivity (Wildman–Crippen MR) is 97.0 cm³/mol. The van der Waals surface area contributed by atoms with Crippen molar-refractivity contribution >= 4 is 56.7 Å². The molecule has 0 fully saturated rings. The van der Waals surface area contributed by atoms with Crippen molar-refractivity contribution in [1.82, 2.24) is 10.3 Å². The lowest BCUT2D eigenvalue weighted by atomic mass is 10.2. The number of para-hydroxylation sites is 1. The largest absolute Gasteiger partial charge is 0.346 e. The predicted octanol–water partition coefficient (Wildman–Crippen LogP) is 4.93. The molecule has 1 N–H and O–H groups in total. The molecular weight excluding hydrogens is 351 g/mol. The van der Waals surface area contributed by atoms with Crippen LogP contribution in [0.25, 0.3) is 16.3 Å². The van der Waals surface area contributed by atoms with Crippen LogP contribution in [-0.4, -0.2) is 10.9 Å². The average Bonchev–Trinajstić information content (AvgIpc) is 2.96. The van der Waals surface area contributed by atoms with Gasteiger partial charge < -0.3 is 5.32 Å². The van der Waals surface area contributed by atoms with E-state index in [9.17, 15) is 4.79 Å². The van der Waals surface area contributed by atoms with Crippen LogP contribution in [0.15, 0.2) is 48.5 Å². The average molecular weight is 363 g/mol. The van der Waals surface area contributed by atoms with Crippen molar-refractivity contribution in [2.45, 2.75) is 6.54 Å². The number of thiazole rings is 1. The molecule has 0 aliphatic rings.